The topological polar surface area (TPSA) is 108 Å². The van der Waals surface area contributed by atoms with Crippen LogP contribution in [0, 0.1) is 0 Å². The van der Waals surface area contributed by atoms with Crippen molar-refractivity contribution in [1.82, 2.24) is 19.5 Å². The third kappa shape index (κ3) is 7.23. The number of aromatic nitrogens is 4. The second kappa shape index (κ2) is 14.2. The van der Waals surface area contributed by atoms with Gasteiger partial charge in [0, 0.05) is 67.4 Å². The van der Waals surface area contributed by atoms with Crippen molar-refractivity contribution >= 4 is 75.5 Å². The number of halogens is 3. The molecule has 0 radical (unpaired) electrons. The molecule has 9 nitrogen and oxygen atoms in total. The van der Waals surface area contributed by atoms with E-state index in [9.17, 15) is 9.59 Å². The molecule has 0 aliphatic rings. The molecule has 0 saturated carbocycles. The Labute approximate surface area is 259 Å². The van der Waals surface area contributed by atoms with E-state index in [4.69, 9.17) is 28.2 Å². The van der Waals surface area contributed by atoms with Crippen LogP contribution < -0.4 is 15.5 Å². The number of hydrogen-bond acceptors (Lipinski definition) is 5. The highest BCUT2D eigenvalue weighted by Gasteiger charge is 2.16. The molecule has 5 aromatic rings. The Bertz CT molecular complexity index is 1650. The average molecular weight is 627 g/mol. The van der Waals surface area contributed by atoms with Gasteiger partial charge in [0.1, 0.15) is 0 Å². The quantitative estimate of drug-likeness (QED) is 0.154. The molecule has 218 valence electrons. The molecule has 3 aromatic heterocycles. The molecule has 0 spiro atoms. The number of carbonyl (C=O) groups excluding carboxylic acids is 2. The molecule has 0 atom stereocenters. The van der Waals surface area contributed by atoms with E-state index < -0.39 is 0 Å². The molecule has 2 aromatic carbocycles. The highest BCUT2D eigenvalue weighted by Crippen LogP contribution is 2.26. The summed E-state index contributed by atoms with van der Waals surface area (Å²) >= 11 is 11.8. The zero-order chi connectivity index (χ0) is 28.8. The molecule has 42 heavy (non-hydrogen) atoms. The first-order valence-electron chi connectivity index (χ1n) is 13.1. The Hall–Kier alpha value is -4.05. The van der Waals surface area contributed by atoms with E-state index in [-0.39, 0.29) is 30.6 Å². The van der Waals surface area contributed by atoms with E-state index in [2.05, 4.69) is 25.5 Å². The Balaban J connectivity index is 0.00000405. The minimum atomic E-state index is -0.233. The van der Waals surface area contributed by atoms with E-state index in [1.54, 1.807) is 36.8 Å². The Kier molecular flexibility index (Phi) is 10.5. The Morgan fingerprint density at radius 3 is 2.43 bits per heavy atom. The van der Waals surface area contributed by atoms with Gasteiger partial charge < -0.3 is 25.1 Å². The fourth-order valence-corrected chi connectivity index (χ4v) is 5.01. The molecular formula is C30H30Cl3N7O2. The molecule has 3 heterocycles. The number of amides is 2. The number of aryl methyl sites for hydroxylation is 1. The largest absolute Gasteiger partial charge is 0.369 e. The number of nitrogens with zero attached hydrogens (tertiary/aromatic N) is 4. The maximum Gasteiger partial charge on any atom is 0.255 e. The summed E-state index contributed by atoms with van der Waals surface area (Å²) in [7, 11) is 1.91. The van der Waals surface area contributed by atoms with Gasteiger partial charge in [0.25, 0.3) is 5.91 Å². The van der Waals surface area contributed by atoms with E-state index in [0.29, 0.717) is 53.1 Å². The van der Waals surface area contributed by atoms with Crippen molar-refractivity contribution in [3.8, 4) is 11.5 Å². The van der Waals surface area contributed by atoms with E-state index in [0.717, 1.165) is 22.5 Å². The molecule has 0 aliphatic heterocycles. The fourth-order valence-electron chi connectivity index (χ4n) is 4.60. The van der Waals surface area contributed by atoms with Crippen LogP contribution in [-0.4, -0.2) is 56.2 Å². The molecule has 0 bridgehead atoms. The van der Waals surface area contributed by atoms with Gasteiger partial charge in [0.2, 0.25) is 5.91 Å². The van der Waals surface area contributed by atoms with Crippen LogP contribution in [0.5, 0.6) is 0 Å². The second-order valence-electron chi connectivity index (χ2n) is 9.45. The lowest BCUT2D eigenvalue weighted by atomic mass is 10.1. The minimum absolute atomic E-state index is 0. The fraction of sp³-hybridized carbons (Fsp3) is 0.200. The summed E-state index contributed by atoms with van der Waals surface area (Å²) in [4.78, 5) is 39.6. The summed E-state index contributed by atoms with van der Waals surface area (Å²) in [6.45, 7) is 1.38. The summed E-state index contributed by atoms with van der Waals surface area (Å²) in [5, 5.41) is 5.85. The number of alkyl halides is 2. The lowest BCUT2D eigenvalue weighted by Crippen LogP contribution is -2.27. The molecule has 5 rings (SSSR count). The van der Waals surface area contributed by atoms with Crippen LogP contribution in [-0.2, 0) is 18.3 Å². The molecule has 0 fully saturated rings. The van der Waals surface area contributed by atoms with Crippen molar-refractivity contribution in [2.75, 3.05) is 40.4 Å². The minimum Gasteiger partial charge on any atom is -0.369 e. The van der Waals surface area contributed by atoms with Crippen molar-refractivity contribution < 1.29 is 9.59 Å². The van der Waals surface area contributed by atoms with Crippen molar-refractivity contribution in [1.29, 1.82) is 0 Å². The molecule has 3 N–H and O–H groups in total. The van der Waals surface area contributed by atoms with Gasteiger partial charge >= 0.3 is 0 Å². The van der Waals surface area contributed by atoms with Crippen LogP contribution in [0.2, 0.25) is 0 Å². The number of aromatic amines is 1. The number of H-pyrrole nitrogens is 1. The lowest BCUT2D eigenvalue weighted by Gasteiger charge is -2.23. The van der Waals surface area contributed by atoms with Crippen LogP contribution in [0.4, 0.5) is 17.1 Å². The van der Waals surface area contributed by atoms with Gasteiger partial charge in [-0.2, -0.15) is 0 Å². The average Bonchev–Trinajstić information content (AvgIpc) is 3.57. The number of rotatable bonds is 11. The van der Waals surface area contributed by atoms with Crippen LogP contribution in [0.25, 0.3) is 22.6 Å². The van der Waals surface area contributed by atoms with Crippen molar-refractivity contribution in [2.24, 2.45) is 7.05 Å². The maximum absolute atomic E-state index is 13.0. The summed E-state index contributed by atoms with van der Waals surface area (Å²) < 4.78 is 1.94. The Morgan fingerprint density at radius 1 is 0.976 bits per heavy atom. The predicted octanol–water partition coefficient (Wildman–Crippen LogP) is 6.10. The first-order chi connectivity index (χ1) is 19.9. The predicted molar refractivity (Wildman–Crippen MR) is 172 cm³/mol. The normalized spacial score (nSPS) is 10.7. The third-order valence-corrected chi connectivity index (χ3v) is 6.98. The van der Waals surface area contributed by atoms with Gasteiger partial charge in [0.15, 0.2) is 5.82 Å². The molecule has 12 heteroatoms. The number of anilines is 3. The number of hydrogen-bond donors (Lipinski definition) is 3. The standard InChI is InChI=1S/C30H29Cl2N7O2.ClH/c1-38-27-9-4-21(30(41)36-22-5-7-24(8-6-22)39(13-10-31)14-11-32)16-25(27)37-29(38)26-17-23(19-34-26)35-28(40)15-20-3-2-12-33-18-20;/h2-9,12,16-19,34H,10-11,13-15H2,1H3,(H,35,40)(H,36,41);1H. The van der Waals surface area contributed by atoms with Gasteiger partial charge in [-0.1, -0.05) is 6.07 Å². The zero-order valence-corrected chi connectivity index (χ0v) is 25.1. The number of imidazole rings is 1. The van der Waals surface area contributed by atoms with Gasteiger partial charge in [-0.25, -0.2) is 4.98 Å². The maximum atomic E-state index is 13.0. The summed E-state index contributed by atoms with van der Waals surface area (Å²) in [6.07, 6.45) is 5.31. The smallest absolute Gasteiger partial charge is 0.255 e. The van der Waals surface area contributed by atoms with Crippen LogP contribution >= 0.6 is 35.6 Å². The number of benzene rings is 2. The molecule has 0 saturated heterocycles. The van der Waals surface area contributed by atoms with E-state index in [1.165, 1.54) is 0 Å². The Morgan fingerprint density at radius 2 is 1.74 bits per heavy atom. The number of carbonyl (C=O) groups is 2. The van der Waals surface area contributed by atoms with Crippen molar-refractivity contribution in [2.45, 2.75) is 6.42 Å². The molecular weight excluding hydrogens is 597 g/mol. The second-order valence-corrected chi connectivity index (χ2v) is 10.2. The van der Waals surface area contributed by atoms with Gasteiger partial charge in [-0.15, -0.1) is 35.6 Å². The highest BCUT2D eigenvalue weighted by atomic mass is 35.5. The third-order valence-electron chi connectivity index (χ3n) is 6.64. The van der Waals surface area contributed by atoms with Crippen molar-refractivity contribution in [3.05, 3.63) is 90.4 Å². The summed E-state index contributed by atoms with van der Waals surface area (Å²) in [6, 6.07) is 18.5. The van der Waals surface area contributed by atoms with Crippen LogP contribution in [0.15, 0.2) is 79.3 Å². The highest BCUT2D eigenvalue weighted by molar-refractivity contribution is 6.18. The zero-order valence-electron chi connectivity index (χ0n) is 22.8. The molecule has 0 unspecified atom stereocenters. The monoisotopic (exact) mass is 625 g/mol. The van der Waals surface area contributed by atoms with Gasteiger partial charge in [0.05, 0.1) is 28.8 Å². The van der Waals surface area contributed by atoms with Gasteiger partial charge in [-0.3, -0.25) is 14.6 Å². The van der Waals surface area contributed by atoms with Crippen LogP contribution in [0.3, 0.4) is 0 Å². The summed E-state index contributed by atoms with van der Waals surface area (Å²) in [5.41, 5.74) is 5.94. The first kappa shape index (κ1) is 30.9. The van der Waals surface area contributed by atoms with E-state index in [1.807, 2.05) is 54.1 Å². The van der Waals surface area contributed by atoms with Crippen LogP contribution in [0.1, 0.15) is 15.9 Å². The number of nitrogens with one attached hydrogen (secondary N) is 3. The van der Waals surface area contributed by atoms with Gasteiger partial charge in [-0.05, 0) is 60.2 Å². The number of pyridine rings is 1. The van der Waals surface area contributed by atoms with E-state index >= 15 is 0 Å². The first-order valence-corrected chi connectivity index (χ1v) is 14.1. The summed E-state index contributed by atoms with van der Waals surface area (Å²) in [5.74, 6) is 1.31. The SMILES string of the molecule is Cl.Cn1c(-c2cc(NC(=O)Cc3cccnc3)c[nH]2)nc2cc(C(=O)Nc3ccc(N(CCCl)CCCl)cc3)ccc21. The number of fused-ring (bicyclic) bond motifs is 1. The van der Waals surface area contributed by atoms with Crippen molar-refractivity contribution in [3.63, 3.8) is 0 Å². The molecule has 0 aliphatic carbocycles. The molecule has 2 amide bonds. The lowest BCUT2D eigenvalue weighted by molar-refractivity contribution is -0.115.